The van der Waals surface area contributed by atoms with Gasteiger partial charge in [-0.05, 0) is 25.7 Å². The largest absolute Gasteiger partial charge is 0.383 e. The van der Waals surface area contributed by atoms with E-state index in [0.717, 1.165) is 32.2 Å². The molecule has 16 heavy (non-hydrogen) atoms. The monoisotopic (exact) mass is 228 g/mol. The van der Waals surface area contributed by atoms with Gasteiger partial charge >= 0.3 is 0 Å². The van der Waals surface area contributed by atoms with Crippen molar-refractivity contribution >= 4 is 0 Å². The van der Waals surface area contributed by atoms with Gasteiger partial charge in [0.2, 0.25) is 0 Å². The fraction of sp³-hybridized carbons (Fsp3) is 1.00. The molecule has 0 aromatic carbocycles. The first-order valence-corrected chi connectivity index (χ1v) is 6.32. The number of ether oxygens (including phenoxy) is 2. The average Bonchev–Trinajstić information content (AvgIpc) is 3.10. The summed E-state index contributed by atoms with van der Waals surface area (Å²) in [5.74, 6) is 0.840. The maximum atomic E-state index is 5.91. The van der Waals surface area contributed by atoms with Crippen LogP contribution in [0.25, 0.3) is 0 Å². The van der Waals surface area contributed by atoms with E-state index in [1.807, 2.05) is 6.92 Å². The third-order valence-electron chi connectivity index (χ3n) is 3.68. The molecule has 1 saturated carbocycles. The Kier molecular flexibility index (Phi) is 4.19. The Bertz CT molecular complexity index is 219. The summed E-state index contributed by atoms with van der Waals surface area (Å²) in [5, 5.41) is 0. The van der Waals surface area contributed by atoms with Crippen molar-refractivity contribution in [1.82, 2.24) is 4.90 Å². The number of rotatable bonds is 5. The molecule has 1 aliphatic carbocycles. The van der Waals surface area contributed by atoms with Crippen LogP contribution in [0.15, 0.2) is 0 Å². The first-order chi connectivity index (χ1) is 7.72. The molecule has 4 nitrogen and oxygen atoms in total. The summed E-state index contributed by atoms with van der Waals surface area (Å²) in [4.78, 5) is 2.51. The first kappa shape index (κ1) is 12.3. The molecule has 2 N–H and O–H groups in total. The summed E-state index contributed by atoms with van der Waals surface area (Å²) in [5.41, 5.74) is 5.91. The topological polar surface area (TPSA) is 47.7 Å². The third-order valence-corrected chi connectivity index (χ3v) is 3.68. The van der Waals surface area contributed by atoms with E-state index in [1.54, 1.807) is 7.11 Å². The van der Waals surface area contributed by atoms with Gasteiger partial charge in [0.1, 0.15) is 0 Å². The van der Waals surface area contributed by atoms with Crippen molar-refractivity contribution in [2.75, 3.05) is 33.4 Å². The average molecular weight is 228 g/mol. The Hall–Kier alpha value is -0.160. The lowest BCUT2D eigenvalue weighted by Gasteiger charge is -2.39. The van der Waals surface area contributed by atoms with Gasteiger partial charge in [0.05, 0.1) is 19.3 Å². The fourth-order valence-corrected chi connectivity index (χ4v) is 2.51. The van der Waals surface area contributed by atoms with Crippen LogP contribution in [0.1, 0.15) is 19.8 Å². The van der Waals surface area contributed by atoms with E-state index in [4.69, 9.17) is 15.2 Å². The van der Waals surface area contributed by atoms with Gasteiger partial charge in [0.25, 0.3) is 0 Å². The van der Waals surface area contributed by atoms with E-state index in [-0.39, 0.29) is 12.1 Å². The van der Waals surface area contributed by atoms with Gasteiger partial charge in [-0.3, -0.25) is 4.90 Å². The minimum Gasteiger partial charge on any atom is -0.383 e. The molecule has 0 radical (unpaired) electrons. The predicted octanol–water partition coefficient (Wildman–Crippen LogP) is 0.459. The molecule has 1 heterocycles. The summed E-state index contributed by atoms with van der Waals surface area (Å²) in [6.07, 6.45) is 2.90. The lowest BCUT2D eigenvalue weighted by Crippen LogP contribution is -2.54. The second-order valence-electron chi connectivity index (χ2n) is 5.12. The van der Waals surface area contributed by atoms with Crippen molar-refractivity contribution in [2.45, 2.75) is 38.0 Å². The van der Waals surface area contributed by atoms with Crippen molar-refractivity contribution in [1.29, 1.82) is 0 Å². The number of methoxy groups -OCH3 is 1. The van der Waals surface area contributed by atoms with E-state index in [1.165, 1.54) is 12.8 Å². The molecule has 4 heteroatoms. The molecule has 94 valence electrons. The molecule has 2 fully saturated rings. The fourth-order valence-electron chi connectivity index (χ4n) is 2.51. The van der Waals surface area contributed by atoms with Crippen molar-refractivity contribution in [2.24, 2.45) is 11.7 Å². The quantitative estimate of drug-likeness (QED) is 0.742. The smallest absolute Gasteiger partial charge is 0.0850 e. The minimum atomic E-state index is 0.116. The van der Waals surface area contributed by atoms with Gasteiger partial charge in [-0.2, -0.15) is 0 Å². The number of nitrogens with two attached hydrogens (primary N) is 1. The first-order valence-electron chi connectivity index (χ1n) is 6.32. The van der Waals surface area contributed by atoms with Crippen molar-refractivity contribution in [3.05, 3.63) is 0 Å². The maximum Gasteiger partial charge on any atom is 0.0850 e. The van der Waals surface area contributed by atoms with Gasteiger partial charge in [0.15, 0.2) is 0 Å². The van der Waals surface area contributed by atoms with E-state index >= 15 is 0 Å². The Morgan fingerprint density at radius 2 is 2.25 bits per heavy atom. The summed E-state index contributed by atoms with van der Waals surface area (Å²) in [7, 11) is 1.79. The lowest BCUT2D eigenvalue weighted by atomic mass is 10.1. The molecule has 1 aliphatic heterocycles. The molecule has 3 atom stereocenters. The van der Waals surface area contributed by atoms with E-state index < -0.39 is 0 Å². The zero-order valence-corrected chi connectivity index (χ0v) is 10.4. The van der Waals surface area contributed by atoms with Crippen LogP contribution in [-0.2, 0) is 9.47 Å². The van der Waals surface area contributed by atoms with Crippen LogP contribution < -0.4 is 5.73 Å². The highest BCUT2D eigenvalue weighted by Crippen LogP contribution is 2.36. The summed E-state index contributed by atoms with van der Waals surface area (Å²) in [6, 6.07) is 0.695. The highest BCUT2D eigenvalue weighted by molar-refractivity contribution is 4.91. The number of morpholine rings is 1. The highest BCUT2D eigenvalue weighted by Gasteiger charge is 2.37. The standard InChI is InChI=1S/C12H24N2O2/c1-9(13)12-7-14(5-6-16-12)11(8-15-2)10-3-4-10/h9-12H,3-8,13H2,1-2H3. The molecule has 0 aromatic heterocycles. The van der Waals surface area contributed by atoms with E-state index in [0.29, 0.717) is 6.04 Å². The molecule has 3 unspecified atom stereocenters. The lowest BCUT2D eigenvalue weighted by molar-refractivity contribution is -0.0645. The van der Waals surface area contributed by atoms with Crippen LogP contribution in [0.4, 0.5) is 0 Å². The van der Waals surface area contributed by atoms with Crippen LogP contribution in [0.2, 0.25) is 0 Å². The van der Waals surface area contributed by atoms with Crippen molar-refractivity contribution < 1.29 is 9.47 Å². The summed E-state index contributed by atoms with van der Waals surface area (Å²) in [6.45, 7) is 5.65. The molecule has 0 aromatic rings. The van der Waals surface area contributed by atoms with Crippen molar-refractivity contribution in [3.8, 4) is 0 Å². The molecule has 0 amide bonds. The van der Waals surface area contributed by atoms with Gasteiger partial charge in [-0.1, -0.05) is 0 Å². The van der Waals surface area contributed by atoms with Gasteiger partial charge in [-0.15, -0.1) is 0 Å². The van der Waals surface area contributed by atoms with Crippen LogP contribution >= 0.6 is 0 Å². The molecular formula is C12H24N2O2. The maximum absolute atomic E-state index is 5.91. The molecule has 2 rings (SSSR count). The van der Waals surface area contributed by atoms with E-state index in [2.05, 4.69) is 4.90 Å². The number of nitrogens with zero attached hydrogens (tertiary/aromatic N) is 1. The molecular weight excluding hydrogens is 204 g/mol. The number of hydrogen-bond donors (Lipinski definition) is 1. The zero-order valence-electron chi connectivity index (χ0n) is 10.4. The summed E-state index contributed by atoms with van der Waals surface area (Å²) >= 11 is 0. The molecule has 1 saturated heterocycles. The predicted molar refractivity (Wildman–Crippen MR) is 63.4 cm³/mol. The van der Waals surface area contributed by atoms with Crippen LogP contribution in [-0.4, -0.2) is 56.5 Å². The van der Waals surface area contributed by atoms with Crippen LogP contribution in [0.3, 0.4) is 0 Å². The Balaban J connectivity index is 1.90. The Morgan fingerprint density at radius 3 is 2.81 bits per heavy atom. The Labute approximate surface area is 98.1 Å². The number of hydrogen-bond acceptors (Lipinski definition) is 4. The van der Waals surface area contributed by atoms with E-state index in [9.17, 15) is 0 Å². The van der Waals surface area contributed by atoms with Gasteiger partial charge in [-0.25, -0.2) is 0 Å². The zero-order chi connectivity index (χ0) is 11.5. The molecule has 0 spiro atoms. The Morgan fingerprint density at radius 1 is 1.50 bits per heavy atom. The van der Waals surface area contributed by atoms with Crippen LogP contribution in [0.5, 0.6) is 0 Å². The van der Waals surface area contributed by atoms with Gasteiger partial charge < -0.3 is 15.2 Å². The normalized spacial score (nSPS) is 31.3. The molecule has 0 bridgehead atoms. The third kappa shape index (κ3) is 2.94. The highest BCUT2D eigenvalue weighted by atomic mass is 16.5. The van der Waals surface area contributed by atoms with Crippen molar-refractivity contribution in [3.63, 3.8) is 0 Å². The van der Waals surface area contributed by atoms with Gasteiger partial charge in [0, 0.05) is 32.3 Å². The second kappa shape index (κ2) is 5.45. The molecule has 2 aliphatic rings. The SMILES string of the molecule is COCC(C1CC1)N1CCOC(C(C)N)C1. The second-order valence-corrected chi connectivity index (χ2v) is 5.12. The minimum absolute atomic E-state index is 0.116. The summed E-state index contributed by atoms with van der Waals surface area (Å²) < 4.78 is 11.0. The van der Waals surface area contributed by atoms with Crippen LogP contribution in [0, 0.1) is 5.92 Å².